The van der Waals surface area contributed by atoms with Gasteiger partial charge in [0.25, 0.3) is 0 Å². The Balaban J connectivity index is 2.63. The third kappa shape index (κ3) is 2.59. The van der Waals surface area contributed by atoms with E-state index in [1.54, 1.807) is 6.07 Å². The normalized spacial score (nSPS) is 12.1. The highest BCUT2D eigenvalue weighted by Crippen LogP contribution is 2.23. The first-order valence-electron chi connectivity index (χ1n) is 3.48. The van der Waals surface area contributed by atoms with Gasteiger partial charge < -0.3 is 5.73 Å². The van der Waals surface area contributed by atoms with Crippen molar-refractivity contribution in [3.8, 4) is 0 Å². The molecule has 1 rings (SSSR count). The van der Waals surface area contributed by atoms with Gasteiger partial charge in [0.15, 0.2) is 0 Å². The second-order valence-corrected chi connectivity index (χ2v) is 4.15. The molecular weight excluding hydrogens is 197 g/mol. The van der Waals surface area contributed by atoms with Gasteiger partial charge >= 0.3 is 0 Å². The smallest absolute Gasteiger partial charge is 0.0931 e. The average molecular weight is 206 g/mol. The number of hydrogen-bond acceptors (Lipinski definition) is 2. The van der Waals surface area contributed by atoms with Gasteiger partial charge in [-0.1, -0.05) is 11.6 Å². The molecule has 0 atom stereocenters. The average Bonchev–Trinajstić information content (AvgIpc) is 2.47. The van der Waals surface area contributed by atoms with E-state index in [4.69, 9.17) is 17.3 Å². The minimum Gasteiger partial charge on any atom is -0.327 e. The predicted octanol–water partition coefficient (Wildman–Crippen LogP) is 2.76. The zero-order valence-electron chi connectivity index (χ0n) is 6.39. The lowest BCUT2D eigenvalue weighted by molar-refractivity contribution is 0.700. The molecule has 0 unspecified atom stereocenters. The molecule has 0 aliphatic heterocycles. The number of rotatable bonds is 3. The van der Waals surface area contributed by atoms with Gasteiger partial charge in [-0.15, -0.1) is 11.3 Å². The summed E-state index contributed by atoms with van der Waals surface area (Å²) in [6, 6.07) is 3.68. The molecule has 0 saturated heterocycles. The third-order valence-corrected chi connectivity index (χ3v) is 2.68. The monoisotopic (exact) mass is 205 g/mol. The lowest BCUT2D eigenvalue weighted by atomic mass is 10.2. The molecule has 66 valence electrons. The van der Waals surface area contributed by atoms with Crippen LogP contribution in [0.25, 0.3) is 0 Å². The number of halogens is 2. The maximum atomic E-state index is 12.1. The van der Waals surface area contributed by atoms with E-state index in [2.05, 4.69) is 0 Å². The van der Waals surface area contributed by atoms with Crippen LogP contribution in [0.4, 0.5) is 4.39 Å². The summed E-state index contributed by atoms with van der Waals surface area (Å²) in [5.74, 6) is 0. The lowest BCUT2D eigenvalue weighted by Gasteiger charge is -1.97. The summed E-state index contributed by atoms with van der Waals surface area (Å²) in [6.45, 7) is 0.256. The summed E-state index contributed by atoms with van der Waals surface area (Å²) in [6.07, 6.45) is 1.12. The quantitative estimate of drug-likeness (QED) is 0.807. The second-order valence-electron chi connectivity index (χ2n) is 2.35. The van der Waals surface area contributed by atoms with Crippen LogP contribution in [0.3, 0.4) is 0 Å². The molecule has 12 heavy (non-hydrogen) atoms. The predicted molar refractivity (Wildman–Crippen MR) is 51.3 cm³/mol. The Kier molecular flexibility index (Phi) is 3.72. The van der Waals surface area contributed by atoms with Crippen molar-refractivity contribution in [3.63, 3.8) is 0 Å². The molecule has 0 bridgehead atoms. The third-order valence-electron chi connectivity index (χ3n) is 1.45. The van der Waals surface area contributed by atoms with Crippen LogP contribution >= 0.6 is 22.9 Å². The first-order chi connectivity index (χ1) is 5.76. The molecule has 0 fully saturated rings. The summed E-state index contributed by atoms with van der Waals surface area (Å²) in [5, 5.41) is 0. The van der Waals surface area contributed by atoms with Crippen LogP contribution in [-0.2, 0) is 6.42 Å². The van der Waals surface area contributed by atoms with Crippen molar-refractivity contribution in [2.24, 2.45) is 5.73 Å². The topological polar surface area (TPSA) is 26.0 Å². The van der Waals surface area contributed by atoms with Gasteiger partial charge in [-0.2, -0.15) is 0 Å². The maximum absolute atomic E-state index is 12.1. The number of thiophene rings is 1. The van der Waals surface area contributed by atoms with Crippen molar-refractivity contribution in [3.05, 3.63) is 33.2 Å². The van der Waals surface area contributed by atoms with Gasteiger partial charge in [0.05, 0.1) is 10.7 Å². The van der Waals surface area contributed by atoms with Crippen molar-refractivity contribution in [1.29, 1.82) is 0 Å². The SMILES string of the molecule is NC/C(=C/F)Cc1ccc(Cl)s1. The summed E-state index contributed by atoms with van der Waals surface area (Å²) >= 11 is 7.15. The van der Waals surface area contributed by atoms with Crippen molar-refractivity contribution in [1.82, 2.24) is 0 Å². The van der Waals surface area contributed by atoms with E-state index < -0.39 is 0 Å². The molecule has 1 aromatic heterocycles. The molecule has 1 nitrogen and oxygen atoms in total. The van der Waals surface area contributed by atoms with Crippen molar-refractivity contribution >= 4 is 22.9 Å². The lowest BCUT2D eigenvalue weighted by Crippen LogP contribution is -2.04. The molecule has 4 heteroatoms. The Hall–Kier alpha value is -0.380. The van der Waals surface area contributed by atoms with E-state index in [0.717, 1.165) is 9.21 Å². The van der Waals surface area contributed by atoms with Gasteiger partial charge in [-0.25, -0.2) is 4.39 Å². The van der Waals surface area contributed by atoms with Crippen LogP contribution < -0.4 is 5.73 Å². The van der Waals surface area contributed by atoms with Crippen molar-refractivity contribution in [2.75, 3.05) is 6.54 Å². The first kappa shape index (κ1) is 9.71. The summed E-state index contributed by atoms with van der Waals surface area (Å²) in [5.41, 5.74) is 5.89. The van der Waals surface area contributed by atoms with Crippen LogP contribution in [0.2, 0.25) is 4.34 Å². The van der Waals surface area contributed by atoms with Crippen molar-refractivity contribution < 1.29 is 4.39 Å². The van der Waals surface area contributed by atoms with E-state index in [-0.39, 0.29) is 6.54 Å². The number of nitrogens with two attached hydrogens (primary N) is 1. The summed E-state index contributed by atoms with van der Waals surface area (Å²) < 4.78 is 12.8. The van der Waals surface area contributed by atoms with Gasteiger partial charge in [0.1, 0.15) is 0 Å². The fourth-order valence-corrected chi connectivity index (χ4v) is 1.97. The van der Waals surface area contributed by atoms with Crippen LogP contribution in [0.15, 0.2) is 24.0 Å². The largest absolute Gasteiger partial charge is 0.327 e. The molecule has 0 aromatic carbocycles. The highest BCUT2D eigenvalue weighted by Gasteiger charge is 2.00. The maximum Gasteiger partial charge on any atom is 0.0931 e. The minimum atomic E-state index is 0.256. The molecule has 1 heterocycles. The van der Waals surface area contributed by atoms with Gasteiger partial charge in [0, 0.05) is 17.8 Å². The molecule has 2 N–H and O–H groups in total. The molecule has 0 saturated carbocycles. The van der Waals surface area contributed by atoms with Gasteiger partial charge in [-0.05, 0) is 17.7 Å². The summed E-state index contributed by atoms with van der Waals surface area (Å²) in [7, 11) is 0. The molecule has 0 radical (unpaired) electrons. The molecular formula is C8H9ClFNS. The molecule has 0 aliphatic carbocycles. The zero-order valence-corrected chi connectivity index (χ0v) is 7.96. The molecule has 0 amide bonds. The van der Waals surface area contributed by atoms with Crippen LogP contribution in [0, 0.1) is 0 Å². The van der Waals surface area contributed by atoms with E-state index in [0.29, 0.717) is 18.3 Å². The Bertz CT molecular complexity index is 282. The fraction of sp³-hybridized carbons (Fsp3) is 0.250. The Morgan fingerprint density at radius 1 is 1.67 bits per heavy atom. The van der Waals surface area contributed by atoms with Crippen LogP contribution in [-0.4, -0.2) is 6.54 Å². The van der Waals surface area contributed by atoms with E-state index in [1.165, 1.54) is 11.3 Å². The molecule has 0 aliphatic rings. The highest BCUT2D eigenvalue weighted by molar-refractivity contribution is 7.16. The Morgan fingerprint density at radius 2 is 2.42 bits per heavy atom. The second kappa shape index (κ2) is 4.60. The fourth-order valence-electron chi connectivity index (χ4n) is 0.826. The summed E-state index contributed by atoms with van der Waals surface area (Å²) in [4.78, 5) is 1.04. The number of hydrogen-bond donors (Lipinski definition) is 1. The molecule has 1 aromatic rings. The van der Waals surface area contributed by atoms with Crippen LogP contribution in [0.1, 0.15) is 4.88 Å². The van der Waals surface area contributed by atoms with E-state index in [9.17, 15) is 4.39 Å². The Labute approximate surface area is 79.7 Å². The Morgan fingerprint density at radius 3 is 2.83 bits per heavy atom. The standard InChI is InChI=1S/C8H9ClFNS/c9-8-2-1-7(12-8)3-6(4-10)5-11/h1-2,4H,3,5,11H2/b6-4+. The molecule has 0 spiro atoms. The van der Waals surface area contributed by atoms with E-state index in [1.807, 2.05) is 6.07 Å². The zero-order chi connectivity index (χ0) is 8.97. The first-order valence-corrected chi connectivity index (χ1v) is 4.68. The van der Waals surface area contributed by atoms with Gasteiger partial charge in [0.2, 0.25) is 0 Å². The van der Waals surface area contributed by atoms with E-state index >= 15 is 0 Å². The van der Waals surface area contributed by atoms with Crippen LogP contribution in [0.5, 0.6) is 0 Å². The van der Waals surface area contributed by atoms with Gasteiger partial charge in [-0.3, -0.25) is 0 Å². The minimum absolute atomic E-state index is 0.256. The highest BCUT2D eigenvalue weighted by atomic mass is 35.5. The van der Waals surface area contributed by atoms with Crippen molar-refractivity contribution in [2.45, 2.75) is 6.42 Å².